The molecule has 1 saturated heterocycles. The van der Waals surface area contributed by atoms with E-state index in [0.717, 1.165) is 58.1 Å². The molecule has 0 aliphatic carbocycles. The maximum atomic E-state index is 5.78. The summed E-state index contributed by atoms with van der Waals surface area (Å²) in [5.74, 6) is 0.859. The summed E-state index contributed by atoms with van der Waals surface area (Å²) in [6.07, 6.45) is 4.99. The molecule has 2 aromatic rings. The Balaban J connectivity index is 1.50. The van der Waals surface area contributed by atoms with Crippen LogP contribution in [0.2, 0.25) is 0 Å². The number of aromatic nitrogens is 1. The molecule has 1 aliphatic heterocycles. The van der Waals surface area contributed by atoms with E-state index in [-0.39, 0.29) is 5.60 Å². The number of guanidine groups is 1. The smallest absolute Gasteiger partial charge is 0.191 e. The van der Waals surface area contributed by atoms with E-state index in [1.165, 1.54) is 10.9 Å². The van der Waals surface area contributed by atoms with Crippen LogP contribution in [-0.2, 0) is 16.0 Å². The van der Waals surface area contributed by atoms with Crippen molar-refractivity contribution in [3.8, 4) is 0 Å². The number of methoxy groups -OCH3 is 1. The number of hydrogen-bond acceptors (Lipinski definition) is 3. The van der Waals surface area contributed by atoms with Gasteiger partial charge in [0.25, 0.3) is 0 Å². The van der Waals surface area contributed by atoms with Gasteiger partial charge >= 0.3 is 0 Å². The second-order valence-corrected chi connectivity index (χ2v) is 7.04. The number of fused-ring (bicyclic) bond motifs is 1. The second-order valence-electron chi connectivity index (χ2n) is 7.04. The van der Waals surface area contributed by atoms with Crippen molar-refractivity contribution in [1.29, 1.82) is 0 Å². The molecule has 6 nitrogen and oxygen atoms in total. The molecule has 2 heterocycles. The Hall–Kier alpha value is -2.05. The lowest BCUT2D eigenvalue weighted by Crippen LogP contribution is -2.44. The normalized spacial score (nSPS) is 17.2. The third-order valence-corrected chi connectivity index (χ3v) is 5.26. The molecule has 1 aliphatic rings. The molecule has 0 unspecified atom stereocenters. The van der Waals surface area contributed by atoms with Gasteiger partial charge in [0.1, 0.15) is 0 Å². The Kier molecular flexibility index (Phi) is 7.12. The molecule has 2 N–H and O–H groups in total. The molecule has 0 amide bonds. The Morgan fingerprint density at radius 2 is 2.04 bits per heavy atom. The minimum absolute atomic E-state index is 0.190. The predicted molar refractivity (Wildman–Crippen MR) is 110 cm³/mol. The van der Waals surface area contributed by atoms with Gasteiger partial charge in [0, 0.05) is 64.5 Å². The number of aliphatic imine (C=N–C) groups is 1. The lowest BCUT2D eigenvalue weighted by molar-refractivity contribution is -0.0828. The molecule has 0 bridgehead atoms. The number of nitrogens with one attached hydrogen (secondary N) is 2. The van der Waals surface area contributed by atoms with Crippen LogP contribution in [0.1, 0.15) is 26.2 Å². The Labute approximate surface area is 161 Å². The van der Waals surface area contributed by atoms with Crippen molar-refractivity contribution in [1.82, 2.24) is 15.2 Å². The van der Waals surface area contributed by atoms with Gasteiger partial charge in [0.15, 0.2) is 5.96 Å². The molecule has 6 heteroatoms. The highest BCUT2D eigenvalue weighted by atomic mass is 16.5. The molecular weight excluding hydrogens is 340 g/mol. The maximum absolute atomic E-state index is 5.78. The minimum atomic E-state index is -0.190. The zero-order chi connectivity index (χ0) is 19.0. The monoisotopic (exact) mass is 372 g/mol. The van der Waals surface area contributed by atoms with Crippen molar-refractivity contribution in [2.45, 2.75) is 38.3 Å². The van der Waals surface area contributed by atoms with Crippen LogP contribution in [0, 0.1) is 0 Å². The fourth-order valence-corrected chi connectivity index (χ4v) is 3.53. The van der Waals surface area contributed by atoms with Gasteiger partial charge in [-0.15, -0.1) is 0 Å². The van der Waals surface area contributed by atoms with E-state index in [2.05, 4.69) is 58.7 Å². The van der Waals surface area contributed by atoms with Crippen molar-refractivity contribution >= 4 is 16.9 Å². The zero-order valence-corrected chi connectivity index (χ0v) is 16.5. The van der Waals surface area contributed by atoms with E-state index in [1.807, 2.05) is 0 Å². The highest BCUT2D eigenvalue weighted by Crippen LogP contribution is 2.24. The molecule has 1 fully saturated rings. The van der Waals surface area contributed by atoms with Crippen molar-refractivity contribution in [3.63, 3.8) is 0 Å². The van der Waals surface area contributed by atoms with Crippen molar-refractivity contribution in [2.75, 3.05) is 40.0 Å². The van der Waals surface area contributed by atoms with Crippen LogP contribution in [0.15, 0.2) is 41.5 Å². The van der Waals surface area contributed by atoms with Gasteiger partial charge in [-0.2, -0.15) is 0 Å². The molecule has 148 valence electrons. The number of aryl methyl sites for hydroxylation is 1. The van der Waals surface area contributed by atoms with Crippen LogP contribution in [0.5, 0.6) is 0 Å². The number of para-hydroxylation sites is 1. The standard InChI is InChI=1S/C21H32N4O2/c1-3-22-20(24-17-21(26-2)10-15-27-16-11-21)23-12-6-13-25-14-9-18-7-4-5-8-19(18)25/h4-5,7-9,14H,3,6,10-13,15-17H2,1-2H3,(H2,22,23,24). The largest absolute Gasteiger partial charge is 0.381 e. The topological polar surface area (TPSA) is 59.8 Å². The fraction of sp³-hybridized carbons (Fsp3) is 0.571. The molecule has 27 heavy (non-hydrogen) atoms. The van der Waals surface area contributed by atoms with E-state index < -0.39 is 0 Å². The fourth-order valence-electron chi connectivity index (χ4n) is 3.53. The summed E-state index contributed by atoms with van der Waals surface area (Å²) in [7, 11) is 1.78. The molecule has 3 rings (SSSR count). The molecule has 0 saturated carbocycles. The lowest BCUT2D eigenvalue weighted by atomic mass is 9.94. The third kappa shape index (κ3) is 5.23. The summed E-state index contributed by atoms with van der Waals surface area (Å²) in [5.41, 5.74) is 1.10. The zero-order valence-electron chi connectivity index (χ0n) is 16.5. The van der Waals surface area contributed by atoms with Gasteiger partial charge in [0.2, 0.25) is 0 Å². The first-order valence-corrected chi connectivity index (χ1v) is 9.95. The highest BCUT2D eigenvalue weighted by Gasteiger charge is 2.32. The van der Waals surface area contributed by atoms with Crippen LogP contribution < -0.4 is 10.6 Å². The van der Waals surface area contributed by atoms with Crippen molar-refractivity contribution < 1.29 is 9.47 Å². The molecular formula is C21H32N4O2. The first-order valence-electron chi connectivity index (χ1n) is 9.95. The Morgan fingerprint density at radius 3 is 2.81 bits per heavy atom. The summed E-state index contributed by atoms with van der Waals surface area (Å²) >= 11 is 0. The molecule has 0 radical (unpaired) electrons. The van der Waals surface area contributed by atoms with Crippen LogP contribution in [-0.4, -0.2) is 56.1 Å². The number of rotatable bonds is 8. The van der Waals surface area contributed by atoms with E-state index >= 15 is 0 Å². The van der Waals surface area contributed by atoms with E-state index in [9.17, 15) is 0 Å². The Bertz CT molecular complexity index is 735. The van der Waals surface area contributed by atoms with Crippen LogP contribution in [0.3, 0.4) is 0 Å². The highest BCUT2D eigenvalue weighted by molar-refractivity contribution is 5.80. The number of ether oxygens (including phenoxy) is 2. The first kappa shape index (κ1) is 19.7. The number of hydrogen-bond donors (Lipinski definition) is 2. The van der Waals surface area contributed by atoms with Crippen molar-refractivity contribution in [2.24, 2.45) is 4.99 Å². The molecule has 0 spiro atoms. The van der Waals surface area contributed by atoms with Gasteiger partial charge in [-0.3, -0.25) is 4.99 Å². The maximum Gasteiger partial charge on any atom is 0.191 e. The van der Waals surface area contributed by atoms with E-state index in [1.54, 1.807) is 7.11 Å². The van der Waals surface area contributed by atoms with Crippen molar-refractivity contribution in [3.05, 3.63) is 36.5 Å². The summed E-state index contributed by atoms with van der Waals surface area (Å²) in [5, 5.41) is 8.08. The van der Waals surface area contributed by atoms with E-state index in [4.69, 9.17) is 14.5 Å². The quantitative estimate of drug-likeness (QED) is 0.425. The molecule has 1 aromatic heterocycles. The summed E-state index contributed by atoms with van der Waals surface area (Å²) in [6.45, 7) is 6.95. The first-order chi connectivity index (χ1) is 13.3. The van der Waals surface area contributed by atoms with Crippen LogP contribution in [0.4, 0.5) is 0 Å². The van der Waals surface area contributed by atoms with E-state index in [0.29, 0.717) is 6.54 Å². The lowest BCUT2D eigenvalue weighted by Gasteiger charge is -2.34. The molecule has 1 aromatic carbocycles. The summed E-state index contributed by atoms with van der Waals surface area (Å²) in [4.78, 5) is 4.77. The minimum Gasteiger partial charge on any atom is -0.381 e. The summed E-state index contributed by atoms with van der Waals surface area (Å²) in [6, 6.07) is 10.7. The van der Waals surface area contributed by atoms with Gasteiger partial charge in [-0.25, -0.2) is 0 Å². The van der Waals surface area contributed by atoms with Crippen LogP contribution >= 0.6 is 0 Å². The predicted octanol–water partition coefficient (Wildman–Crippen LogP) is 2.78. The summed E-state index contributed by atoms with van der Waals surface area (Å²) < 4.78 is 13.5. The second kappa shape index (κ2) is 9.76. The average Bonchev–Trinajstić information content (AvgIpc) is 3.13. The third-order valence-electron chi connectivity index (χ3n) is 5.26. The van der Waals surface area contributed by atoms with Gasteiger partial charge in [-0.1, -0.05) is 18.2 Å². The Morgan fingerprint density at radius 1 is 1.22 bits per heavy atom. The average molecular weight is 373 g/mol. The molecule has 0 atom stereocenters. The van der Waals surface area contributed by atoms with Gasteiger partial charge in [0.05, 0.1) is 12.1 Å². The van der Waals surface area contributed by atoms with Gasteiger partial charge < -0.3 is 24.7 Å². The number of benzene rings is 1. The van der Waals surface area contributed by atoms with Crippen LogP contribution in [0.25, 0.3) is 10.9 Å². The number of nitrogens with zero attached hydrogens (tertiary/aromatic N) is 2. The SMILES string of the molecule is CCNC(=NCC1(OC)CCOCC1)NCCCn1ccc2ccccc21. The van der Waals surface area contributed by atoms with Gasteiger partial charge in [-0.05, 0) is 30.9 Å².